The highest BCUT2D eigenvalue weighted by atomic mass is 16.5. The van der Waals surface area contributed by atoms with Gasteiger partial charge in [0, 0.05) is 26.2 Å². The minimum atomic E-state index is 0.530. The van der Waals surface area contributed by atoms with E-state index in [9.17, 15) is 0 Å². The molecule has 2 rings (SSSR count). The van der Waals surface area contributed by atoms with Crippen molar-refractivity contribution in [2.45, 2.75) is 50.7 Å². The summed E-state index contributed by atoms with van der Waals surface area (Å²) in [5.74, 6) is 0. The number of hydrogen-bond donors (Lipinski definition) is 1. The summed E-state index contributed by atoms with van der Waals surface area (Å²) >= 11 is 0. The van der Waals surface area contributed by atoms with Crippen LogP contribution in [0.4, 0.5) is 0 Å². The van der Waals surface area contributed by atoms with Crippen LogP contribution in [0.25, 0.3) is 0 Å². The maximum Gasteiger partial charge on any atom is 0.0730 e. The summed E-state index contributed by atoms with van der Waals surface area (Å²) in [4.78, 5) is 2.68. The Morgan fingerprint density at radius 2 is 2.11 bits per heavy atom. The molecule has 1 aliphatic carbocycles. The van der Waals surface area contributed by atoms with Crippen LogP contribution in [0.1, 0.15) is 38.5 Å². The van der Waals surface area contributed by atoms with Crippen molar-refractivity contribution in [1.82, 2.24) is 10.2 Å². The first-order chi connectivity index (χ1) is 9.42. The lowest BCUT2D eigenvalue weighted by atomic mass is 9.90. The maximum atomic E-state index is 5.92. The molecular formula is C15H30N2O2. The van der Waals surface area contributed by atoms with E-state index in [1.54, 1.807) is 7.11 Å². The van der Waals surface area contributed by atoms with E-state index < -0.39 is 0 Å². The van der Waals surface area contributed by atoms with Gasteiger partial charge in [0.2, 0.25) is 0 Å². The van der Waals surface area contributed by atoms with Gasteiger partial charge in [-0.3, -0.25) is 4.90 Å². The molecule has 0 radical (unpaired) electrons. The average Bonchev–Trinajstić information content (AvgIpc) is 2.46. The number of methoxy groups -OCH3 is 1. The van der Waals surface area contributed by atoms with Crippen LogP contribution in [0.2, 0.25) is 0 Å². The van der Waals surface area contributed by atoms with Gasteiger partial charge in [0.05, 0.1) is 19.3 Å². The minimum Gasteiger partial charge on any atom is -0.383 e. The maximum absolute atomic E-state index is 5.92. The lowest BCUT2D eigenvalue weighted by Gasteiger charge is -2.43. The molecule has 2 unspecified atom stereocenters. The highest BCUT2D eigenvalue weighted by molar-refractivity contribution is 4.87. The van der Waals surface area contributed by atoms with Crippen molar-refractivity contribution in [3.8, 4) is 0 Å². The Balaban J connectivity index is 1.56. The fraction of sp³-hybridized carbons (Fsp3) is 1.00. The number of unbranched alkanes of at least 4 members (excludes halogenated alkanes) is 1. The molecule has 1 aliphatic heterocycles. The van der Waals surface area contributed by atoms with Gasteiger partial charge in [-0.25, -0.2) is 0 Å². The third-order valence-electron chi connectivity index (χ3n) is 4.38. The first-order valence-electron chi connectivity index (χ1n) is 7.97. The zero-order valence-electron chi connectivity index (χ0n) is 12.4. The molecule has 0 aromatic rings. The fourth-order valence-electron chi connectivity index (χ4n) is 3.32. The molecule has 0 amide bonds. The summed E-state index contributed by atoms with van der Waals surface area (Å²) in [7, 11) is 1.75. The molecule has 2 atom stereocenters. The molecule has 112 valence electrons. The Kier molecular flexibility index (Phi) is 7.14. The van der Waals surface area contributed by atoms with Crippen molar-refractivity contribution in [1.29, 1.82) is 0 Å². The van der Waals surface area contributed by atoms with Crippen molar-refractivity contribution >= 4 is 0 Å². The molecule has 2 aliphatic rings. The topological polar surface area (TPSA) is 33.7 Å². The van der Waals surface area contributed by atoms with Gasteiger partial charge in [0.1, 0.15) is 0 Å². The number of nitrogens with zero attached hydrogens (tertiary/aromatic N) is 1. The number of nitrogens with one attached hydrogen (secondary N) is 1. The van der Waals surface area contributed by atoms with E-state index in [1.165, 1.54) is 45.1 Å². The molecule has 4 heteroatoms. The molecule has 4 nitrogen and oxygen atoms in total. The summed E-state index contributed by atoms with van der Waals surface area (Å²) in [6.45, 7) is 6.22. The number of hydrogen-bond acceptors (Lipinski definition) is 4. The number of rotatable bonds is 8. The highest BCUT2D eigenvalue weighted by Gasteiger charge is 2.33. The van der Waals surface area contributed by atoms with Crippen LogP contribution in [0, 0.1) is 0 Å². The minimum absolute atomic E-state index is 0.530. The molecule has 0 aromatic carbocycles. The van der Waals surface area contributed by atoms with Gasteiger partial charge in [-0.15, -0.1) is 0 Å². The van der Waals surface area contributed by atoms with Gasteiger partial charge in [0.15, 0.2) is 0 Å². The van der Waals surface area contributed by atoms with E-state index in [4.69, 9.17) is 9.47 Å². The molecule has 19 heavy (non-hydrogen) atoms. The van der Waals surface area contributed by atoms with Crippen molar-refractivity contribution in [3.63, 3.8) is 0 Å². The Bertz CT molecular complexity index is 236. The second-order valence-corrected chi connectivity index (χ2v) is 5.75. The first kappa shape index (κ1) is 15.2. The third-order valence-corrected chi connectivity index (χ3v) is 4.38. The van der Waals surface area contributed by atoms with Crippen molar-refractivity contribution < 1.29 is 9.47 Å². The number of ether oxygens (including phenoxy) is 2. The number of fused-ring (bicyclic) bond motifs is 1. The van der Waals surface area contributed by atoms with Crippen LogP contribution >= 0.6 is 0 Å². The van der Waals surface area contributed by atoms with Crippen molar-refractivity contribution in [3.05, 3.63) is 0 Å². The van der Waals surface area contributed by atoms with Gasteiger partial charge in [0.25, 0.3) is 0 Å². The van der Waals surface area contributed by atoms with Crippen LogP contribution in [0.3, 0.4) is 0 Å². The summed E-state index contributed by atoms with van der Waals surface area (Å²) in [6.07, 6.45) is 8.46. The molecule has 1 saturated carbocycles. The average molecular weight is 270 g/mol. The molecule has 2 fully saturated rings. The Morgan fingerprint density at radius 3 is 3.00 bits per heavy atom. The van der Waals surface area contributed by atoms with Crippen LogP contribution in [0.5, 0.6) is 0 Å². The van der Waals surface area contributed by atoms with E-state index in [2.05, 4.69) is 10.2 Å². The third kappa shape index (κ3) is 5.03. The Morgan fingerprint density at radius 1 is 1.21 bits per heavy atom. The van der Waals surface area contributed by atoms with Gasteiger partial charge in [-0.05, 0) is 38.8 Å². The molecule has 0 bridgehead atoms. The number of morpholine rings is 1. The smallest absolute Gasteiger partial charge is 0.0730 e. The molecule has 1 heterocycles. The normalized spacial score (nSPS) is 28.3. The van der Waals surface area contributed by atoms with Crippen LogP contribution in [-0.2, 0) is 9.47 Å². The summed E-state index contributed by atoms with van der Waals surface area (Å²) in [5, 5.41) is 3.41. The van der Waals surface area contributed by atoms with E-state index in [-0.39, 0.29) is 0 Å². The SMILES string of the molecule is COCCNCCCCN1CCOC2CCCCC21. The van der Waals surface area contributed by atoms with Crippen molar-refractivity contribution in [2.75, 3.05) is 46.5 Å². The van der Waals surface area contributed by atoms with Gasteiger partial charge >= 0.3 is 0 Å². The van der Waals surface area contributed by atoms with Crippen molar-refractivity contribution in [2.24, 2.45) is 0 Å². The van der Waals surface area contributed by atoms with E-state index in [0.29, 0.717) is 12.1 Å². The first-order valence-corrected chi connectivity index (χ1v) is 7.97. The van der Waals surface area contributed by atoms with Crippen LogP contribution < -0.4 is 5.32 Å². The van der Waals surface area contributed by atoms with E-state index in [1.807, 2.05) is 0 Å². The lowest BCUT2D eigenvalue weighted by molar-refractivity contribution is -0.0882. The van der Waals surface area contributed by atoms with Gasteiger partial charge in [-0.2, -0.15) is 0 Å². The lowest BCUT2D eigenvalue weighted by Crippen LogP contribution is -2.52. The largest absolute Gasteiger partial charge is 0.383 e. The monoisotopic (exact) mass is 270 g/mol. The zero-order chi connectivity index (χ0) is 13.3. The summed E-state index contributed by atoms with van der Waals surface area (Å²) in [6, 6.07) is 0.712. The standard InChI is InChI=1S/C15H30N2O2/c1-18-12-9-16-8-4-5-10-17-11-13-19-15-7-3-2-6-14(15)17/h14-16H,2-13H2,1H3. The Labute approximate surface area is 117 Å². The predicted molar refractivity (Wildman–Crippen MR) is 77.5 cm³/mol. The zero-order valence-corrected chi connectivity index (χ0v) is 12.4. The summed E-state index contributed by atoms with van der Waals surface area (Å²) in [5.41, 5.74) is 0. The molecule has 0 spiro atoms. The van der Waals surface area contributed by atoms with E-state index >= 15 is 0 Å². The fourth-order valence-corrected chi connectivity index (χ4v) is 3.32. The van der Waals surface area contributed by atoms with Crippen LogP contribution in [0.15, 0.2) is 0 Å². The van der Waals surface area contributed by atoms with Crippen LogP contribution in [-0.4, -0.2) is 63.5 Å². The quantitative estimate of drug-likeness (QED) is 0.680. The second-order valence-electron chi connectivity index (χ2n) is 5.75. The predicted octanol–water partition coefficient (Wildman–Crippen LogP) is 1.65. The molecular weight excluding hydrogens is 240 g/mol. The Hall–Kier alpha value is -0.160. The molecule has 0 aromatic heterocycles. The molecule has 1 saturated heterocycles. The van der Waals surface area contributed by atoms with Gasteiger partial charge < -0.3 is 14.8 Å². The molecule has 1 N–H and O–H groups in total. The van der Waals surface area contributed by atoms with Gasteiger partial charge in [-0.1, -0.05) is 12.8 Å². The van der Waals surface area contributed by atoms with E-state index in [0.717, 1.165) is 32.8 Å². The summed E-state index contributed by atoms with van der Waals surface area (Å²) < 4.78 is 10.9. The second kappa shape index (κ2) is 8.90. The highest BCUT2D eigenvalue weighted by Crippen LogP contribution is 2.28.